The zero-order valence-electron chi connectivity index (χ0n) is 3.46. The summed E-state index contributed by atoms with van der Waals surface area (Å²) in [5.74, 6) is -0.245. The van der Waals surface area contributed by atoms with Crippen molar-refractivity contribution in [3.05, 3.63) is 10.1 Å². The Labute approximate surface area is 67.7 Å². The van der Waals surface area contributed by atoms with Crippen LogP contribution in [0.25, 0.3) is 0 Å². The quantitative estimate of drug-likeness (QED) is 0.255. The third-order valence-corrected chi connectivity index (χ3v) is 0.861. The summed E-state index contributed by atoms with van der Waals surface area (Å²) in [7, 11) is 0. The van der Waals surface area contributed by atoms with Gasteiger partial charge in [0.1, 0.15) is 0 Å². The molecule has 0 spiro atoms. The molecule has 0 aromatic heterocycles. The Bertz CT molecular complexity index is 134. The average molecular weight is 125 g/mol. The molecule has 0 aliphatic heterocycles. The van der Waals surface area contributed by atoms with Gasteiger partial charge in [0, 0.05) is 4.92 Å². The van der Waals surface area contributed by atoms with Gasteiger partial charge in [0.05, 0.1) is 6.42 Å². The Morgan fingerprint density at radius 1 is 1.75 bits per heavy atom. The molecule has 5 heteroatoms. The van der Waals surface area contributed by atoms with Crippen LogP contribution in [0.5, 0.6) is 0 Å². The molecule has 0 amide bonds. The minimum atomic E-state index is -0.847. The molecule has 1 fully saturated rings. The Kier molecular flexibility index (Phi) is 2.59. The number of carbonyl (C=O) groups excluding carboxylic acids is 1. The fourth-order valence-electron chi connectivity index (χ4n) is 0.324. The third-order valence-electron chi connectivity index (χ3n) is 0.861. The van der Waals surface area contributed by atoms with E-state index in [0.717, 1.165) is 0 Å². The van der Waals surface area contributed by atoms with Gasteiger partial charge >= 0.3 is 29.6 Å². The van der Waals surface area contributed by atoms with Crippen molar-refractivity contribution < 1.29 is 9.72 Å². The van der Waals surface area contributed by atoms with E-state index in [1.165, 1.54) is 0 Å². The van der Waals surface area contributed by atoms with Crippen LogP contribution in [-0.4, -0.2) is 46.3 Å². The molecule has 0 aromatic carbocycles. The van der Waals surface area contributed by atoms with Crippen LogP contribution in [-0.2, 0) is 4.79 Å². The van der Waals surface area contributed by atoms with Gasteiger partial charge in [-0.2, -0.15) is 0 Å². The summed E-state index contributed by atoms with van der Waals surface area (Å²) in [5.41, 5.74) is 0. The summed E-state index contributed by atoms with van der Waals surface area (Å²) in [6.45, 7) is 0. The molecule has 0 heterocycles. The number of carbonyl (C=O) groups is 1. The van der Waals surface area contributed by atoms with Crippen LogP contribution >= 0.6 is 0 Å². The van der Waals surface area contributed by atoms with Gasteiger partial charge in [-0.05, 0) is 0 Å². The first kappa shape index (κ1) is 8.07. The van der Waals surface area contributed by atoms with Crippen molar-refractivity contribution in [1.82, 2.24) is 0 Å². The van der Waals surface area contributed by atoms with Crippen LogP contribution in [0.2, 0.25) is 0 Å². The van der Waals surface area contributed by atoms with E-state index < -0.39 is 11.0 Å². The molecule has 4 nitrogen and oxygen atoms in total. The predicted octanol–water partition coefficient (Wildman–Crippen LogP) is -1.04. The minimum absolute atomic E-state index is 0. The molecule has 1 unspecified atom stereocenters. The van der Waals surface area contributed by atoms with Crippen LogP contribution < -0.4 is 0 Å². The first-order valence-electron chi connectivity index (χ1n) is 1.88. The van der Waals surface area contributed by atoms with Crippen molar-refractivity contribution in [1.29, 1.82) is 0 Å². The first-order chi connectivity index (χ1) is 3.22. The van der Waals surface area contributed by atoms with Gasteiger partial charge in [0.25, 0.3) is 6.04 Å². The van der Waals surface area contributed by atoms with E-state index in [9.17, 15) is 14.9 Å². The van der Waals surface area contributed by atoms with Crippen LogP contribution in [0.3, 0.4) is 0 Å². The van der Waals surface area contributed by atoms with Gasteiger partial charge in [0.2, 0.25) is 5.78 Å². The molecule has 8 heavy (non-hydrogen) atoms. The standard InChI is InChI=1S/C3H3NO3.Na.H/c5-3-1-2(3)4(6)7;;/h2H,1H2;;. The van der Waals surface area contributed by atoms with Gasteiger partial charge in [0.15, 0.2) is 0 Å². The van der Waals surface area contributed by atoms with Crippen LogP contribution in [0.1, 0.15) is 6.42 Å². The van der Waals surface area contributed by atoms with E-state index in [0.29, 0.717) is 0 Å². The van der Waals surface area contributed by atoms with E-state index in [2.05, 4.69) is 0 Å². The van der Waals surface area contributed by atoms with Gasteiger partial charge in [-0.1, -0.05) is 0 Å². The Morgan fingerprint density at radius 3 is 2.12 bits per heavy atom. The maximum atomic E-state index is 9.89. The van der Waals surface area contributed by atoms with E-state index in [1.807, 2.05) is 0 Å². The SMILES string of the molecule is O=C1CC1[N+](=O)[O-].[NaH]. The Morgan fingerprint density at radius 2 is 2.12 bits per heavy atom. The molecule has 1 rings (SSSR count). The molecule has 1 atom stereocenters. The number of nitrogens with zero attached hydrogens (tertiary/aromatic N) is 1. The third kappa shape index (κ3) is 1.54. The number of nitro groups is 1. The second-order valence-electron chi connectivity index (χ2n) is 1.47. The summed E-state index contributed by atoms with van der Waals surface area (Å²) in [5, 5.41) is 9.56. The molecule has 0 bridgehead atoms. The number of ketones is 1. The molecule has 1 aliphatic rings. The molecule has 1 saturated carbocycles. The monoisotopic (exact) mass is 125 g/mol. The van der Waals surface area contributed by atoms with Crippen molar-refractivity contribution >= 4 is 35.3 Å². The topological polar surface area (TPSA) is 60.2 Å². The van der Waals surface area contributed by atoms with Gasteiger partial charge < -0.3 is 0 Å². The van der Waals surface area contributed by atoms with Crippen molar-refractivity contribution in [2.24, 2.45) is 0 Å². The molecule has 0 saturated heterocycles. The van der Waals surface area contributed by atoms with E-state index in [-0.39, 0.29) is 41.8 Å². The Balaban J connectivity index is 0.000000490. The fraction of sp³-hybridized carbons (Fsp3) is 0.667. The number of Topliss-reactive ketones (excluding diaryl/α,β-unsaturated/α-hetero) is 1. The zero-order valence-corrected chi connectivity index (χ0v) is 3.46. The summed E-state index contributed by atoms with van der Waals surface area (Å²) in [6.07, 6.45) is 0.146. The summed E-state index contributed by atoms with van der Waals surface area (Å²) in [4.78, 5) is 18.9. The second-order valence-corrected chi connectivity index (χ2v) is 1.47. The molecular weight excluding hydrogens is 121 g/mol. The van der Waals surface area contributed by atoms with Crippen molar-refractivity contribution in [2.45, 2.75) is 12.5 Å². The predicted molar refractivity (Wildman–Crippen MR) is 27.6 cm³/mol. The first-order valence-corrected chi connectivity index (χ1v) is 1.88. The van der Waals surface area contributed by atoms with Gasteiger partial charge in [-0.15, -0.1) is 0 Å². The summed E-state index contributed by atoms with van der Waals surface area (Å²) in [6, 6.07) is -0.847. The molecular formula is C3H4NNaO3. The number of rotatable bonds is 1. The van der Waals surface area contributed by atoms with Crippen LogP contribution in [0, 0.1) is 10.1 Å². The zero-order chi connectivity index (χ0) is 5.44. The van der Waals surface area contributed by atoms with Gasteiger partial charge in [-0.25, -0.2) is 0 Å². The average Bonchev–Trinajstić information content (AvgIpc) is 2.17. The molecule has 0 N–H and O–H groups in total. The number of hydrogen-bond donors (Lipinski definition) is 0. The van der Waals surface area contributed by atoms with Crippen molar-refractivity contribution in [3.8, 4) is 0 Å². The van der Waals surface area contributed by atoms with E-state index in [1.54, 1.807) is 0 Å². The number of hydrogen-bond acceptors (Lipinski definition) is 3. The second kappa shape index (κ2) is 2.57. The van der Waals surface area contributed by atoms with Crippen molar-refractivity contribution in [2.75, 3.05) is 0 Å². The molecule has 0 aromatic rings. The molecule has 0 radical (unpaired) electrons. The Hall–Kier alpha value is 0.0700. The van der Waals surface area contributed by atoms with Crippen LogP contribution in [0.15, 0.2) is 0 Å². The van der Waals surface area contributed by atoms with Crippen molar-refractivity contribution in [3.63, 3.8) is 0 Å². The normalized spacial score (nSPS) is 24.0. The fourth-order valence-corrected chi connectivity index (χ4v) is 0.324. The molecule has 1 aliphatic carbocycles. The summed E-state index contributed by atoms with van der Waals surface area (Å²) < 4.78 is 0. The maximum absolute atomic E-state index is 9.89. The van der Waals surface area contributed by atoms with E-state index in [4.69, 9.17) is 0 Å². The van der Waals surface area contributed by atoms with Crippen LogP contribution in [0.4, 0.5) is 0 Å². The molecule has 40 valence electrons. The summed E-state index contributed by atoms with van der Waals surface area (Å²) >= 11 is 0. The van der Waals surface area contributed by atoms with Gasteiger partial charge in [-0.3, -0.25) is 14.9 Å². The van der Waals surface area contributed by atoms with E-state index >= 15 is 0 Å².